The van der Waals surface area contributed by atoms with Crippen LogP contribution in [-0.4, -0.2) is 35.6 Å². The van der Waals surface area contributed by atoms with E-state index in [4.69, 9.17) is 4.98 Å². The molecule has 0 saturated carbocycles. The molecule has 114 valence electrons. The van der Waals surface area contributed by atoms with Crippen molar-refractivity contribution >= 4 is 39.7 Å². The van der Waals surface area contributed by atoms with E-state index in [-0.39, 0.29) is 12.4 Å². The number of rotatable bonds is 3. The first-order chi connectivity index (χ1) is 9.70. The number of aromatic nitrogens is 1. The Labute approximate surface area is 144 Å². The molecule has 0 amide bonds. The van der Waals surface area contributed by atoms with Gasteiger partial charge in [-0.15, -0.1) is 23.7 Å². The van der Waals surface area contributed by atoms with Crippen molar-refractivity contribution < 1.29 is 0 Å². The van der Waals surface area contributed by atoms with Crippen LogP contribution in [0.3, 0.4) is 0 Å². The lowest BCUT2D eigenvalue weighted by Crippen LogP contribution is -2.48. The van der Waals surface area contributed by atoms with Gasteiger partial charge in [-0.3, -0.25) is 4.90 Å². The molecule has 1 aromatic heterocycles. The summed E-state index contributed by atoms with van der Waals surface area (Å²) in [5, 5.41) is 6.76. The van der Waals surface area contributed by atoms with E-state index in [2.05, 4.69) is 56.6 Å². The van der Waals surface area contributed by atoms with Crippen molar-refractivity contribution in [2.75, 3.05) is 19.6 Å². The third-order valence-corrected chi connectivity index (χ3v) is 4.90. The maximum absolute atomic E-state index is 4.78. The zero-order valence-corrected chi connectivity index (χ0v) is 15.1. The highest BCUT2D eigenvalue weighted by molar-refractivity contribution is 9.10. The lowest BCUT2D eigenvalue weighted by atomic mass is 10.2. The first-order valence-electron chi connectivity index (χ1n) is 6.87. The van der Waals surface area contributed by atoms with Crippen molar-refractivity contribution in [1.82, 2.24) is 15.2 Å². The van der Waals surface area contributed by atoms with Crippen molar-refractivity contribution in [1.29, 1.82) is 0 Å². The number of halogens is 2. The second kappa shape index (κ2) is 7.70. The molecule has 1 aliphatic heterocycles. The van der Waals surface area contributed by atoms with Crippen molar-refractivity contribution in [3.63, 3.8) is 0 Å². The standard InChI is InChI=1S/C15H18BrN3S.ClH/c1-11-8-19(6-5-17-11)9-14-10-20-15(18-14)12-3-2-4-13(16)7-12;/h2-4,7,10-11,17H,5-6,8-9H2,1H3;1H/t11-;/m1./s1. The predicted octanol–water partition coefficient (Wildman–Crippen LogP) is 3.79. The van der Waals surface area contributed by atoms with Gasteiger partial charge in [-0.1, -0.05) is 28.1 Å². The minimum Gasteiger partial charge on any atom is -0.312 e. The first-order valence-corrected chi connectivity index (χ1v) is 8.54. The number of nitrogens with one attached hydrogen (secondary N) is 1. The summed E-state index contributed by atoms with van der Waals surface area (Å²) in [6, 6.07) is 8.90. The van der Waals surface area contributed by atoms with Gasteiger partial charge in [0.15, 0.2) is 0 Å². The van der Waals surface area contributed by atoms with Crippen LogP contribution in [0.15, 0.2) is 34.1 Å². The molecule has 0 aliphatic carbocycles. The fraction of sp³-hybridized carbons (Fsp3) is 0.400. The van der Waals surface area contributed by atoms with Crippen LogP contribution in [0.2, 0.25) is 0 Å². The summed E-state index contributed by atoms with van der Waals surface area (Å²) >= 11 is 5.24. The third kappa shape index (κ3) is 4.50. The van der Waals surface area contributed by atoms with E-state index in [9.17, 15) is 0 Å². The molecule has 21 heavy (non-hydrogen) atoms. The maximum atomic E-state index is 4.78. The van der Waals surface area contributed by atoms with Crippen molar-refractivity contribution in [2.45, 2.75) is 19.5 Å². The van der Waals surface area contributed by atoms with E-state index in [1.54, 1.807) is 11.3 Å². The smallest absolute Gasteiger partial charge is 0.123 e. The Bertz CT molecular complexity index is 590. The van der Waals surface area contributed by atoms with Gasteiger partial charge in [0.2, 0.25) is 0 Å². The van der Waals surface area contributed by atoms with Crippen LogP contribution < -0.4 is 5.32 Å². The molecule has 1 fully saturated rings. The average Bonchev–Trinajstić information content (AvgIpc) is 2.87. The Kier molecular flexibility index (Phi) is 6.20. The molecular formula is C15H19BrClN3S. The van der Waals surface area contributed by atoms with Gasteiger partial charge < -0.3 is 5.32 Å². The molecule has 3 nitrogen and oxygen atoms in total. The zero-order chi connectivity index (χ0) is 13.9. The Balaban J connectivity index is 0.00000161. The fourth-order valence-electron chi connectivity index (χ4n) is 2.52. The van der Waals surface area contributed by atoms with E-state index in [1.165, 1.54) is 11.3 Å². The van der Waals surface area contributed by atoms with E-state index in [0.29, 0.717) is 6.04 Å². The Morgan fingerprint density at radius 2 is 2.33 bits per heavy atom. The van der Waals surface area contributed by atoms with Gasteiger partial charge in [0.1, 0.15) is 5.01 Å². The molecule has 1 aliphatic rings. The number of hydrogen-bond donors (Lipinski definition) is 1. The summed E-state index contributed by atoms with van der Waals surface area (Å²) in [6.07, 6.45) is 0. The lowest BCUT2D eigenvalue weighted by molar-refractivity contribution is 0.198. The Hall–Kier alpha value is -0.460. The summed E-state index contributed by atoms with van der Waals surface area (Å²) < 4.78 is 1.10. The van der Waals surface area contributed by atoms with Gasteiger partial charge in [0.25, 0.3) is 0 Å². The number of benzene rings is 1. The van der Waals surface area contributed by atoms with Crippen molar-refractivity contribution in [3.05, 3.63) is 39.8 Å². The van der Waals surface area contributed by atoms with E-state index in [0.717, 1.165) is 35.7 Å². The average molecular weight is 389 g/mol. The van der Waals surface area contributed by atoms with Crippen LogP contribution in [0.5, 0.6) is 0 Å². The monoisotopic (exact) mass is 387 g/mol. The zero-order valence-electron chi connectivity index (χ0n) is 11.9. The normalized spacial score (nSPS) is 19.2. The maximum Gasteiger partial charge on any atom is 0.123 e. The molecular weight excluding hydrogens is 370 g/mol. The molecule has 2 aromatic rings. The van der Waals surface area contributed by atoms with Gasteiger partial charge in [-0.2, -0.15) is 0 Å². The van der Waals surface area contributed by atoms with Crippen LogP contribution in [0.1, 0.15) is 12.6 Å². The molecule has 0 radical (unpaired) electrons. The summed E-state index contributed by atoms with van der Waals surface area (Å²) in [7, 11) is 0. The molecule has 0 bridgehead atoms. The fourth-order valence-corrected chi connectivity index (χ4v) is 3.73. The second-order valence-corrected chi connectivity index (χ2v) is 7.02. The van der Waals surface area contributed by atoms with Gasteiger partial charge in [-0.05, 0) is 19.1 Å². The van der Waals surface area contributed by atoms with Crippen LogP contribution in [0.4, 0.5) is 0 Å². The molecule has 1 atom stereocenters. The molecule has 1 N–H and O–H groups in total. The van der Waals surface area contributed by atoms with Gasteiger partial charge in [-0.25, -0.2) is 4.98 Å². The quantitative estimate of drug-likeness (QED) is 0.867. The second-order valence-electron chi connectivity index (χ2n) is 5.24. The number of nitrogens with zero attached hydrogens (tertiary/aromatic N) is 2. The summed E-state index contributed by atoms with van der Waals surface area (Å²) in [4.78, 5) is 7.25. The molecule has 1 aromatic carbocycles. The van der Waals surface area contributed by atoms with Crippen LogP contribution in [-0.2, 0) is 6.54 Å². The molecule has 1 saturated heterocycles. The first kappa shape index (κ1) is 16.9. The summed E-state index contributed by atoms with van der Waals surface area (Å²) in [5.74, 6) is 0. The molecule has 3 rings (SSSR count). The van der Waals surface area contributed by atoms with Crippen LogP contribution >= 0.6 is 39.7 Å². The summed E-state index contributed by atoms with van der Waals surface area (Å²) in [5.41, 5.74) is 2.36. The summed E-state index contributed by atoms with van der Waals surface area (Å²) in [6.45, 7) is 6.47. The number of hydrogen-bond acceptors (Lipinski definition) is 4. The minimum absolute atomic E-state index is 0. The highest BCUT2D eigenvalue weighted by Crippen LogP contribution is 2.26. The van der Waals surface area contributed by atoms with Crippen molar-refractivity contribution in [2.24, 2.45) is 0 Å². The largest absolute Gasteiger partial charge is 0.312 e. The number of piperazine rings is 1. The SMILES string of the molecule is C[C@@H]1CN(Cc2csc(-c3cccc(Br)c3)n2)CCN1.Cl. The third-order valence-electron chi connectivity index (χ3n) is 3.46. The molecule has 6 heteroatoms. The van der Waals surface area contributed by atoms with Gasteiger partial charge in [0.05, 0.1) is 5.69 Å². The van der Waals surface area contributed by atoms with Crippen LogP contribution in [0, 0.1) is 0 Å². The lowest BCUT2D eigenvalue weighted by Gasteiger charge is -2.31. The van der Waals surface area contributed by atoms with E-state index >= 15 is 0 Å². The molecule has 0 unspecified atom stereocenters. The Morgan fingerprint density at radius 1 is 1.48 bits per heavy atom. The highest BCUT2D eigenvalue weighted by atomic mass is 79.9. The Morgan fingerprint density at radius 3 is 3.10 bits per heavy atom. The van der Waals surface area contributed by atoms with Gasteiger partial charge in [0, 0.05) is 47.6 Å². The van der Waals surface area contributed by atoms with Gasteiger partial charge >= 0.3 is 0 Å². The highest BCUT2D eigenvalue weighted by Gasteiger charge is 2.16. The minimum atomic E-state index is 0. The molecule has 0 spiro atoms. The topological polar surface area (TPSA) is 28.2 Å². The van der Waals surface area contributed by atoms with Crippen LogP contribution in [0.25, 0.3) is 10.6 Å². The van der Waals surface area contributed by atoms with E-state index < -0.39 is 0 Å². The predicted molar refractivity (Wildman–Crippen MR) is 95.2 cm³/mol. The molecule has 2 heterocycles. The van der Waals surface area contributed by atoms with E-state index in [1.807, 2.05) is 6.07 Å². The van der Waals surface area contributed by atoms with Crippen molar-refractivity contribution in [3.8, 4) is 10.6 Å². The number of thiazole rings is 1.